The van der Waals surface area contributed by atoms with E-state index >= 15 is 0 Å². The molecule has 4 saturated carbocycles. The Balaban J connectivity index is 2.08. The predicted molar refractivity (Wildman–Crippen MR) is 66.4 cm³/mol. The molecule has 4 rings (SSSR count). The van der Waals surface area contributed by atoms with E-state index in [1.807, 2.05) is 0 Å². The molecule has 0 spiro atoms. The number of aliphatic hydroxyl groups excluding tert-OH is 1. The zero-order valence-corrected chi connectivity index (χ0v) is 11.2. The van der Waals surface area contributed by atoms with Crippen molar-refractivity contribution >= 4 is 5.78 Å². The van der Waals surface area contributed by atoms with Gasteiger partial charge in [0.2, 0.25) is 0 Å². The zero-order valence-electron chi connectivity index (χ0n) is 11.2. The molecule has 0 aromatic heterocycles. The van der Waals surface area contributed by atoms with Crippen LogP contribution in [0, 0.1) is 34.5 Å². The van der Waals surface area contributed by atoms with Crippen molar-refractivity contribution in [3.8, 4) is 0 Å². The van der Waals surface area contributed by atoms with Gasteiger partial charge in [-0.05, 0) is 42.9 Å². The summed E-state index contributed by atoms with van der Waals surface area (Å²) in [7, 11) is 0. The molecule has 0 unspecified atom stereocenters. The first-order valence-corrected chi connectivity index (χ1v) is 7.04. The van der Waals surface area contributed by atoms with Crippen molar-refractivity contribution in [3.05, 3.63) is 0 Å². The molecule has 4 fully saturated rings. The Morgan fingerprint density at radius 3 is 2.53 bits per heavy atom. The minimum absolute atomic E-state index is 0.0278. The first-order chi connectivity index (χ1) is 7.90. The molecule has 0 aromatic carbocycles. The van der Waals surface area contributed by atoms with Gasteiger partial charge >= 0.3 is 0 Å². The number of ketones is 1. The SMILES string of the molecule is CC(C)(C)[C@@]1(CO)[C@H]2C[C@@H]3C[C@H](C2)C(=O)[C@H]1C3. The molecule has 0 aliphatic heterocycles. The van der Waals surface area contributed by atoms with Crippen molar-refractivity contribution < 1.29 is 9.90 Å². The van der Waals surface area contributed by atoms with Gasteiger partial charge in [0, 0.05) is 17.3 Å². The van der Waals surface area contributed by atoms with Crippen LogP contribution in [0.25, 0.3) is 0 Å². The standard InChI is InChI=1S/C15H24O2/c1-14(2,3)15(8-16)11-5-9-4-10(7-11)13(17)12(15)6-9/h9-12,16H,4-8H2,1-3H3/t9-,10+,11-,12+,15-/m0/s1. The molecule has 0 amide bonds. The maximum Gasteiger partial charge on any atom is 0.139 e. The van der Waals surface area contributed by atoms with Crippen LogP contribution in [0.2, 0.25) is 0 Å². The largest absolute Gasteiger partial charge is 0.396 e. The van der Waals surface area contributed by atoms with Gasteiger partial charge in [-0.25, -0.2) is 0 Å². The van der Waals surface area contributed by atoms with Crippen LogP contribution in [0.15, 0.2) is 0 Å². The molecule has 0 saturated heterocycles. The van der Waals surface area contributed by atoms with Crippen molar-refractivity contribution in [2.45, 2.75) is 46.5 Å². The van der Waals surface area contributed by atoms with E-state index in [2.05, 4.69) is 20.8 Å². The summed E-state index contributed by atoms with van der Waals surface area (Å²) in [5.41, 5.74) is -0.114. The Morgan fingerprint density at radius 2 is 1.94 bits per heavy atom. The van der Waals surface area contributed by atoms with Crippen LogP contribution in [0.3, 0.4) is 0 Å². The summed E-state index contributed by atoms with van der Waals surface area (Å²) in [5, 5.41) is 10.0. The van der Waals surface area contributed by atoms with Crippen LogP contribution in [0.5, 0.6) is 0 Å². The highest BCUT2D eigenvalue weighted by Gasteiger charge is 2.64. The number of Topliss-reactive ketones (excluding diaryl/α,β-unsaturated/α-hetero) is 1. The minimum atomic E-state index is -0.141. The maximum absolute atomic E-state index is 12.5. The van der Waals surface area contributed by atoms with Gasteiger partial charge in [0.25, 0.3) is 0 Å². The number of aliphatic hydroxyl groups is 1. The molecule has 0 aromatic rings. The van der Waals surface area contributed by atoms with E-state index in [4.69, 9.17) is 0 Å². The Labute approximate surface area is 104 Å². The average Bonchev–Trinajstić information content (AvgIpc) is 2.23. The van der Waals surface area contributed by atoms with Gasteiger partial charge in [0.1, 0.15) is 5.78 Å². The van der Waals surface area contributed by atoms with Gasteiger partial charge in [0.15, 0.2) is 0 Å². The van der Waals surface area contributed by atoms with Gasteiger partial charge in [0.05, 0.1) is 6.61 Å². The molecule has 4 aliphatic rings. The summed E-state index contributed by atoms with van der Waals surface area (Å²) < 4.78 is 0. The molecule has 4 bridgehead atoms. The van der Waals surface area contributed by atoms with Crippen LogP contribution in [-0.4, -0.2) is 17.5 Å². The second-order valence-corrected chi connectivity index (χ2v) is 7.61. The summed E-state index contributed by atoms with van der Waals surface area (Å²) in [5.74, 6) is 2.29. The van der Waals surface area contributed by atoms with Gasteiger partial charge in [-0.1, -0.05) is 20.8 Å². The molecule has 17 heavy (non-hydrogen) atoms. The van der Waals surface area contributed by atoms with E-state index in [0.717, 1.165) is 25.2 Å². The topological polar surface area (TPSA) is 37.3 Å². The highest BCUT2D eigenvalue weighted by Crippen LogP contribution is 2.66. The van der Waals surface area contributed by atoms with Gasteiger partial charge in [-0.15, -0.1) is 0 Å². The Morgan fingerprint density at radius 1 is 1.24 bits per heavy atom. The molecular formula is C15H24O2. The molecule has 1 N–H and O–H groups in total. The lowest BCUT2D eigenvalue weighted by atomic mass is 9.39. The lowest BCUT2D eigenvalue weighted by Gasteiger charge is -2.64. The number of carbonyl (C=O) groups excluding carboxylic acids is 1. The van der Waals surface area contributed by atoms with Gasteiger partial charge < -0.3 is 5.11 Å². The summed E-state index contributed by atoms with van der Waals surface area (Å²) >= 11 is 0. The smallest absolute Gasteiger partial charge is 0.139 e. The van der Waals surface area contributed by atoms with Crippen molar-refractivity contribution in [2.24, 2.45) is 34.5 Å². The molecule has 0 radical (unpaired) electrons. The normalized spacial score (nSPS) is 48.8. The van der Waals surface area contributed by atoms with Crippen molar-refractivity contribution in [2.75, 3.05) is 6.61 Å². The van der Waals surface area contributed by atoms with E-state index < -0.39 is 0 Å². The van der Waals surface area contributed by atoms with Crippen LogP contribution in [-0.2, 0) is 4.79 Å². The second kappa shape index (κ2) is 3.34. The van der Waals surface area contributed by atoms with E-state index in [0.29, 0.717) is 17.6 Å². The zero-order chi connectivity index (χ0) is 12.4. The molecular weight excluding hydrogens is 212 g/mol. The fourth-order valence-electron chi connectivity index (χ4n) is 5.38. The van der Waals surface area contributed by atoms with Gasteiger partial charge in [-0.2, -0.15) is 0 Å². The third-order valence-electron chi connectivity index (χ3n) is 6.13. The Kier molecular flexibility index (Phi) is 2.30. The predicted octanol–water partition coefficient (Wildman–Crippen LogP) is 2.65. The van der Waals surface area contributed by atoms with Crippen LogP contribution in [0.4, 0.5) is 0 Å². The van der Waals surface area contributed by atoms with E-state index in [-0.39, 0.29) is 23.4 Å². The fraction of sp³-hybridized carbons (Fsp3) is 0.933. The van der Waals surface area contributed by atoms with E-state index in [1.54, 1.807) is 0 Å². The monoisotopic (exact) mass is 236 g/mol. The van der Waals surface area contributed by atoms with E-state index in [1.165, 1.54) is 6.42 Å². The lowest BCUT2D eigenvalue weighted by Crippen LogP contribution is -2.63. The molecule has 2 heteroatoms. The molecule has 96 valence electrons. The Hall–Kier alpha value is -0.370. The molecule has 5 atom stereocenters. The van der Waals surface area contributed by atoms with Crippen LogP contribution >= 0.6 is 0 Å². The summed E-state index contributed by atoms with van der Waals surface area (Å²) in [4.78, 5) is 12.5. The highest BCUT2D eigenvalue weighted by molar-refractivity contribution is 5.86. The van der Waals surface area contributed by atoms with E-state index in [9.17, 15) is 9.90 Å². The average molecular weight is 236 g/mol. The van der Waals surface area contributed by atoms with Crippen molar-refractivity contribution in [1.29, 1.82) is 0 Å². The quantitative estimate of drug-likeness (QED) is 0.760. The number of hydrogen-bond donors (Lipinski definition) is 1. The maximum atomic E-state index is 12.5. The minimum Gasteiger partial charge on any atom is -0.396 e. The first-order valence-electron chi connectivity index (χ1n) is 7.04. The first kappa shape index (κ1) is 11.7. The molecule has 4 aliphatic carbocycles. The second-order valence-electron chi connectivity index (χ2n) is 7.61. The van der Waals surface area contributed by atoms with Crippen molar-refractivity contribution in [3.63, 3.8) is 0 Å². The lowest BCUT2D eigenvalue weighted by molar-refractivity contribution is -0.191. The highest BCUT2D eigenvalue weighted by atomic mass is 16.3. The summed E-state index contributed by atoms with van der Waals surface area (Å²) in [6, 6.07) is 0. The number of carbonyl (C=O) groups is 1. The Bertz CT molecular complexity index is 354. The fourth-order valence-corrected chi connectivity index (χ4v) is 5.38. The molecule has 0 heterocycles. The summed E-state index contributed by atoms with van der Waals surface area (Å²) in [6.07, 6.45) is 4.48. The third kappa shape index (κ3) is 1.28. The third-order valence-corrected chi connectivity index (χ3v) is 6.13. The molecule has 2 nitrogen and oxygen atoms in total. The van der Waals surface area contributed by atoms with Crippen LogP contribution in [0.1, 0.15) is 46.5 Å². The van der Waals surface area contributed by atoms with Gasteiger partial charge in [-0.3, -0.25) is 4.79 Å². The van der Waals surface area contributed by atoms with Crippen LogP contribution < -0.4 is 0 Å². The van der Waals surface area contributed by atoms with Crippen molar-refractivity contribution in [1.82, 2.24) is 0 Å². The number of hydrogen-bond acceptors (Lipinski definition) is 2. The summed E-state index contributed by atoms with van der Waals surface area (Å²) in [6.45, 7) is 6.81. The number of rotatable bonds is 1.